The van der Waals surface area contributed by atoms with Gasteiger partial charge in [0.25, 0.3) is 0 Å². The maximum Gasteiger partial charge on any atom is 0.234 e. The number of carbonyl (C=O) groups is 1. The third kappa shape index (κ3) is 5.63. The van der Waals surface area contributed by atoms with Crippen LogP contribution in [0.25, 0.3) is 0 Å². The van der Waals surface area contributed by atoms with Crippen LogP contribution in [-0.2, 0) is 17.8 Å². The Morgan fingerprint density at radius 2 is 1.93 bits per heavy atom. The molecule has 3 rings (SSSR count). The van der Waals surface area contributed by atoms with Gasteiger partial charge in [0.15, 0.2) is 17.1 Å². The molecule has 1 heterocycles. The molecule has 0 saturated carbocycles. The number of hydrogen-bond acceptors (Lipinski definition) is 5. The van der Waals surface area contributed by atoms with Crippen LogP contribution in [0.15, 0.2) is 53.7 Å². The van der Waals surface area contributed by atoms with E-state index in [1.54, 1.807) is 0 Å². The minimum atomic E-state index is -0.250. The molecule has 1 amide bonds. The van der Waals surface area contributed by atoms with Crippen molar-refractivity contribution in [1.82, 2.24) is 14.8 Å². The van der Waals surface area contributed by atoms with Crippen LogP contribution in [0.3, 0.4) is 0 Å². The molecule has 6 nitrogen and oxygen atoms in total. The molecule has 0 aliphatic carbocycles. The number of carbonyl (C=O) groups excluding carboxylic acids is 1. The molecule has 0 saturated heterocycles. The molecule has 1 atom stereocenters. The molecule has 1 unspecified atom stereocenters. The molecule has 2 aromatic carbocycles. The first-order valence-corrected chi connectivity index (χ1v) is 11.2. The topological polar surface area (TPSA) is 69.0 Å². The van der Waals surface area contributed by atoms with Crippen LogP contribution in [0, 0.1) is 6.92 Å². The fourth-order valence-corrected chi connectivity index (χ4v) is 3.92. The van der Waals surface area contributed by atoms with Gasteiger partial charge in [0.2, 0.25) is 5.91 Å². The zero-order valence-corrected chi connectivity index (χ0v) is 18.7. The Kier molecular flexibility index (Phi) is 7.52. The summed E-state index contributed by atoms with van der Waals surface area (Å²) >= 11 is 1.37. The molecule has 1 N–H and O–H groups in total. The third-order valence-corrected chi connectivity index (χ3v) is 5.67. The van der Waals surface area contributed by atoms with Crippen LogP contribution in [0.4, 0.5) is 5.69 Å². The Balaban J connectivity index is 1.62. The van der Waals surface area contributed by atoms with Crippen LogP contribution in [-0.4, -0.2) is 26.4 Å². The lowest BCUT2D eigenvalue weighted by atomic mass is 10.2. The molecular weight excluding hydrogens is 396 g/mol. The lowest BCUT2D eigenvalue weighted by Gasteiger charge is -2.16. The number of nitrogens with one attached hydrogen (secondary N) is 1. The second-order valence-corrected chi connectivity index (χ2v) is 7.99. The summed E-state index contributed by atoms with van der Waals surface area (Å²) in [5.74, 6) is 1.74. The van der Waals surface area contributed by atoms with Crippen LogP contribution in [0.5, 0.6) is 5.75 Å². The summed E-state index contributed by atoms with van der Waals surface area (Å²) in [6, 6.07) is 15.9. The minimum Gasteiger partial charge on any atom is -0.483 e. The average molecular weight is 425 g/mol. The van der Waals surface area contributed by atoms with Gasteiger partial charge in [-0.25, -0.2) is 0 Å². The van der Waals surface area contributed by atoms with Gasteiger partial charge in [-0.3, -0.25) is 4.79 Å². The summed E-state index contributed by atoms with van der Waals surface area (Å²) in [4.78, 5) is 12.3. The van der Waals surface area contributed by atoms with Gasteiger partial charge < -0.3 is 14.6 Å². The monoisotopic (exact) mass is 424 g/mol. The van der Waals surface area contributed by atoms with Gasteiger partial charge in [0.1, 0.15) is 5.75 Å². The van der Waals surface area contributed by atoms with Gasteiger partial charge in [0, 0.05) is 12.2 Å². The van der Waals surface area contributed by atoms with Crippen LogP contribution in [0.1, 0.15) is 43.8 Å². The average Bonchev–Trinajstić information content (AvgIpc) is 3.16. The van der Waals surface area contributed by atoms with E-state index in [4.69, 9.17) is 4.74 Å². The molecule has 0 aliphatic heterocycles. The number of amides is 1. The highest BCUT2D eigenvalue weighted by atomic mass is 32.2. The SMILES string of the molecule is CCc1ccc(OC(C)c2nnc(SCC(=O)Nc3cccc(C)c3)n2CC)cc1. The van der Waals surface area contributed by atoms with E-state index < -0.39 is 0 Å². The van der Waals surface area contributed by atoms with Gasteiger partial charge in [-0.2, -0.15) is 0 Å². The number of anilines is 1. The molecule has 0 spiro atoms. The summed E-state index contributed by atoms with van der Waals surface area (Å²) in [7, 11) is 0. The normalized spacial score (nSPS) is 11.9. The molecule has 7 heteroatoms. The number of hydrogen-bond donors (Lipinski definition) is 1. The maximum atomic E-state index is 12.3. The first-order chi connectivity index (χ1) is 14.5. The van der Waals surface area contributed by atoms with Crippen molar-refractivity contribution < 1.29 is 9.53 Å². The fraction of sp³-hybridized carbons (Fsp3) is 0.348. The lowest BCUT2D eigenvalue weighted by molar-refractivity contribution is -0.113. The smallest absolute Gasteiger partial charge is 0.234 e. The predicted octanol–water partition coefficient (Wildman–Crippen LogP) is 5.04. The van der Waals surface area contributed by atoms with Gasteiger partial charge in [0.05, 0.1) is 5.75 Å². The van der Waals surface area contributed by atoms with E-state index in [2.05, 4.69) is 34.6 Å². The standard InChI is InChI=1S/C23H28N4O2S/c1-5-18-10-12-20(13-11-18)29-17(4)22-25-26-23(27(22)6-2)30-15-21(28)24-19-9-7-8-16(3)14-19/h7-14,17H,5-6,15H2,1-4H3,(H,24,28). The zero-order chi connectivity index (χ0) is 21.5. The first-order valence-electron chi connectivity index (χ1n) is 10.2. The van der Waals surface area contributed by atoms with Gasteiger partial charge in [-0.05, 0) is 62.6 Å². The number of aryl methyl sites for hydroxylation is 2. The van der Waals surface area contributed by atoms with Crippen molar-refractivity contribution in [2.75, 3.05) is 11.1 Å². The zero-order valence-electron chi connectivity index (χ0n) is 17.9. The van der Waals surface area contributed by atoms with Crippen LogP contribution >= 0.6 is 11.8 Å². The Morgan fingerprint density at radius 3 is 2.60 bits per heavy atom. The predicted molar refractivity (Wildman–Crippen MR) is 121 cm³/mol. The van der Waals surface area contributed by atoms with Crippen LogP contribution in [0.2, 0.25) is 0 Å². The van der Waals surface area contributed by atoms with Gasteiger partial charge >= 0.3 is 0 Å². The van der Waals surface area contributed by atoms with E-state index in [9.17, 15) is 4.79 Å². The minimum absolute atomic E-state index is 0.0712. The van der Waals surface area contributed by atoms with Crippen molar-refractivity contribution in [3.8, 4) is 5.75 Å². The largest absolute Gasteiger partial charge is 0.483 e. The van der Waals surface area contributed by atoms with E-state index in [1.165, 1.54) is 17.3 Å². The Morgan fingerprint density at radius 1 is 1.17 bits per heavy atom. The summed E-state index contributed by atoms with van der Waals surface area (Å²) in [5, 5.41) is 12.2. The Bertz CT molecular complexity index is 985. The Hall–Kier alpha value is -2.80. The maximum absolute atomic E-state index is 12.3. The van der Waals surface area contributed by atoms with Crippen molar-refractivity contribution in [2.24, 2.45) is 0 Å². The van der Waals surface area contributed by atoms with E-state index in [1.807, 2.05) is 61.7 Å². The van der Waals surface area contributed by atoms with Crippen molar-refractivity contribution >= 4 is 23.4 Å². The molecular formula is C23H28N4O2S. The fourth-order valence-electron chi connectivity index (χ4n) is 3.12. The second-order valence-electron chi connectivity index (χ2n) is 7.05. The van der Waals surface area contributed by atoms with Crippen molar-refractivity contribution in [3.05, 3.63) is 65.5 Å². The summed E-state index contributed by atoms with van der Waals surface area (Å²) in [6.45, 7) is 8.82. The van der Waals surface area contributed by atoms with E-state index in [-0.39, 0.29) is 17.8 Å². The number of aromatic nitrogens is 3. The number of nitrogens with zero attached hydrogens (tertiary/aromatic N) is 3. The van der Waals surface area contributed by atoms with Crippen molar-refractivity contribution in [3.63, 3.8) is 0 Å². The molecule has 0 aliphatic rings. The number of rotatable bonds is 9. The molecule has 0 bridgehead atoms. The lowest BCUT2D eigenvalue weighted by Crippen LogP contribution is -2.15. The van der Waals surface area contributed by atoms with E-state index >= 15 is 0 Å². The molecule has 3 aromatic rings. The number of benzene rings is 2. The Labute approximate surface area is 182 Å². The van der Waals surface area contributed by atoms with Crippen molar-refractivity contribution in [2.45, 2.75) is 51.9 Å². The van der Waals surface area contributed by atoms with E-state index in [0.29, 0.717) is 11.7 Å². The first kappa shape index (κ1) is 21.9. The quantitative estimate of drug-likeness (QED) is 0.487. The summed E-state index contributed by atoms with van der Waals surface area (Å²) < 4.78 is 8.06. The second kappa shape index (κ2) is 10.3. The molecule has 0 radical (unpaired) electrons. The highest BCUT2D eigenvalue weighted by Crippen LogP contribution is 2.25. The number of ether oxygens (including phenoxy) is 1. The highest BCUT2D eigenvalue weighted by molar-refractivity contribution is 7.99. The van der Waals surface area contributed by atoms with E-state index in [0.717, 1.165) is 29.2 Å². The van der Waals surface area contributed by atoms with Crippen molar-refractivity contribution in [1.29, 1.82) is 0 Å². The summed E-state index contributed by atoms with van der Waals surface area (Å²) in [6.07, 6.45) is 0.748. The highest BCUT2D eigenvalue weighted by Gasteiger charge is 2.19. The molecule has 30 heavy (non-hydrogen) atoms. The molecule has 0 fully saturated rings. The summed E-state index contributed by atoms with van der Waals surface area (Å²) in [5.41, 5.74) is 3.18. The van der Waals surface area contributed by atoms with Crippen LogP contribution < -0.4 is 10.1 Å². The van der Waals surface area contributed by atoms with Gasteiger partial charge in [-0.15, -0.1) is 10.2 Å². The molecule has 158 valence electrons. The third-order valence-electron chi connectivity index (χ3n) is 4.70. The number of thioether (sulfide) groups is 1. The molecule has 1 aromatic heterocycles. The van der Waals surface area contributed by atoms with Gasteiger partial charge in [-0.1, -0.05) is 43.0 Å².